The van der Waals surface area contributed by atoms with E-state index in [-0.39, 0.29) is 10.5 Å². The quantitative estimate of drug-likeness (QED) is 0.878. The van der Waals surface area contributed by atoms with Gasteiger partial charge in [-0.25, -0.2) is 17.5 Å². The largest absolute Gasteiger partial charge is 0.310 e. The Balaban J connectivity index is 2.32. The van der Waals surface area contributed by atoms with Crippen molar-refractivity contribution in [2.45, 2.75) is 63.6 Å². The van der Waals surface area contributed by atoms with Crippen molar-refractivity contribution in [2.24, 2.45) is 0 Å². The Bertz CT molecular complexity index is 632. The second kappa shape index (κ2) is 5.66. The highest BCUT2D eigenvalue weighted by atomic mass is 32.2. The molecule has 118 valence electrons. The summed E-state index contributed by atoms with van der Waals surface area (Å²) in [4.78, 5) is 0.0185. The van der Waals surface area contributed by atoms with E-state index in [0.717, 1.165) is 12.8 Å². The molecule has 2 rings (SSSR count). The molecule has 1 aromatic carbocycles. The van der Waals surface area contributed by atoms with E-state index in [4.69, 9.17) is 0 Å². The van der Waals surface area contributed by atoms with E-state index in [1.54, 1.807) is 26.8 Å². The fourth-order valence-corrected chi connectivity index (χ4v) is 3.82. The fourth-order valence-electron chi connectivity index (χ4n) is 2.10. The lowest BCUT2D eigenvalue weighted by atomic mass is 10.1. The summed E-state index contributed by atoms with van der Waals surface area (Å²) < 4.78 is 41.4. The van der Waals surface area contributed by atoms with Gasteiger partial charge in [0, 0.05) is 23.7 Å². The van der Waals surface area contributed by atoms with E-state index in [2.05, 4.69) is 10.0 Å². The molecule has 0 aromatic heterocycles. The summed E-state index contributed by atoms with van der Waals surface area (Å²) in [5.41, 5.74) is 0.200. The minimum absolute atomic E-state index is 0.0185. The van der Waals surface area contributed by atoms with Gasteiger partial charge in [-0.15, -0.1) is 0 Å². The number of hydrogen-bond donors (Lipinski definition) is 2. The van der Waals surface area contributed by atoms with Gasteiger partial charge in [-0.05, 0) is 58.2 Å². The van der Waals surface area contributed by atoms with E-state index >= 15 is 0 Å². The van der Waals surface area contributed by atoms with Crippen LogP contribution in [0.3, 0.4) is 0 Å². The van der Waals surface area contributed by atoms with Crippen LogP contribution in [-0.2, 0) is 16.6 Å². The Morgan fingerprint density at radius 3 is 2.43 bits per heavy atom. The van der Waals surface area contributed by atoms with Crippen LogP contribution in [0.15, 0.2) is 17.0 Å². The van der Waals surface area contributed by atoms with Crippen molar-refractivity contribution in [1.29, 1.82) is 0 Å². The van der Waals surface area contributed by atoms with Gasteiger partial charge in [0.1, 0.15) is 5.82 Å². The Morgan fingerprint density at radius 2 is 1.90 bits per heavy atom. The average molecular weight is 314 g/mol. The molecular formula is C15H23FN2O2S. The molecule has 6 heteroatoms. The first-order chi connectivity index (χ1) is 9.58. The van der Waals surface area contributed by atoms with Crippen molar-refractivity contribution in [1.82, 2.24) is 10.0 Å². The van der Waals surface area contributed by atoms with Crippen LogP contribution in [0.1, 0.15) is 44.7 Å². The van der Waals surface area contributed by atoms with E-state index < -0.39 is 21.4 Å². The first kappa shape index (κ1) is 16.4. The predicted molar refractivity (Wildman–Crippen MR) is 81.1 cm³/mol. The molecule has 0 unspecified atom stereocenters. The number of halogens is 1. The number of nitrogens with one attached hydrogen (secondary N) is 2. The van der Waals surface area contributed by atoms with Gasteiger partial charge in [0.05, 0.1) is 4.90 Å². The Kier molecular flexibility index (Phi) is 4.42. The smallest absolute Gasteiger partial charge is 0.241 e. The van der Waals surface area contributed by atoms with Crippen LogP contribution in [0.2, 0.25) is 0 Å². The van der Waals surface area contributed by atoms with Crippen molar-refractivity contribution < 1.29 is 12.8 Å². The molecule has 0 aliphatic heterocycles. The maximum absolute atomic E-state index is 14.0. The molecule has 0 radical (unpaired) electrons. The van der Waals surface area contributed by atoms with Gasteiger partial charge < -0.3 is 5.32 Å². The molecule has 0 amide bonds. The van der Waals surface area contributed by atoms with E-state index in [9.17, 15) is 12.8 Å². The predicted octanol–water partition coefficient (Wildman–Crippen LogP) is 2.46. The van der Waals surface area contributed by atoms with Gasteiger partial charge in [-0.1, -0.05) is 0 Å². The Hall–Kier alpha value is -0.980. The van der Waals surface area contributed by atoms with Crippen LogP contribution in [-0.4, -0.2) is 20.0 Å². The third kappa shape index (κ3) is 4.49. The summed E-state index contributed by atoms with van der Waals surface area (Å²) >= 11 is 0. The van der Waals surface area contributed by atoms with Crippen LogP contribution in [0, 0.1) is 12.7 Å². The first-order valence-corrected chi connectivity index (χ1v) is 8.63. The Morgan fingerprint density at radius 1 is 1.29 bits per heavy atom. The molecule has 1 aliphatic carbocycles. The number of sulfonamides is 1. The van der Waals surface area contributed by atoms with Crippen LogP contribution < -0.4 is 10.0 Å². The highest BCUT2D eigenvalue weighted by Crippen LogP contribution is 2.24. The molecule has 0 saturated heterocycles. The molecule has 0 heterocycles. The molecule has 0 spiro atoms. The lowest BCUT2D eigenvalue weighted by Gasteiger charge is -2.21. The normalized spacial score (nSPS) is 16.2. The summed E-state index contributed by atoms with van der Waals surface area (Å²) in [5, 5.41) is 3.26. The van der Waals surface area contributed by atoms with E-state index in [0.29, 0.717) is 18.2 Å². The van der Waals surface area contributed by atoms with Crippen molar-refractivity contribution in [3.05, 3.63) is 29.1 Å². The Labute approximate surface area is 126 Å². The van der Waals surface area contributed by atoms with Gasteiger partial charge in [0.25, 0.3) is 0 Å². The zero-order valence-electron chi connectivity index (χ0n) is 13.0. The van der Waals surface area contributed by atoms with Gasteiger partial charge in [0.15, 0.2) is 0 Å². The van der Waals surface area contributed by atoms with Crippen molar-refractivity contribution in [3.63, 3.8) is 0 Å². The summed E-state index contributed by atoms with van der Waals surface area (Å²) in [5.74, 6) is -0.487. The zero-order valence-corrected chi connectivity index (χ0v) is 13.8. The van der Waals surface area contributed by atoms with Crippen LogP contribution in [0.25, 0.3) is 0 Å². The monoisotopic (exact) mass is 314 g/mol. The van der Waals surface area contributed by atoms with Gasteiger partial charge in [-0.2, -0.15) is 0 Å². The molecule has 0 atom stereocenters. The molecule has 2 N–H and O–H groups in total. The van der Waals surface area contributed by atoms with Crippen molar-refractivity contribution >= 4 is 10.0 Å². The summed E-state index contributed by atoms with van der Waals surface area (Å²) in [6.45, 7) is 7.25. The highest BCUT2D eigenvalue weighted by molar-refractivity contribution is 7.89. The lowest BCUT2D eigenvalue weighted by Crippen LogP contribution is -2.40. The minimum Gasteiger partial charge on any atom is -0.310 e. The highest BCUT2D eigenvalue weighted by Gasteiger charge is 2.26. The number of rotatable bonds is 5. The molecule has 1 fully saturated rings. The third-order valence-corrected chi connectivity index (χ3v) is 5.14. The second-order valence-corrected chi connectivity index (χ2v) is 8.36. The maximum atomic E-state index is 14.0. The molecular weight excluding hydrogens is 291 g/mol. The topological polar surface area (TPSA) is 58.2 Å². The molecule has 1 saturated carbocycles. The lowest BCUT2D eigenvalue weighted by molar-refractivity contribution is 0.490. The van der Waals surface area contributed by atoms with Gasteiger partial charge in [0.2, 0.25) is 10.0 Å². The van der Waals surface area contributed by atoms with Gasteiger partial charge in [-0.3, -0.25) is 0 Å². The zero-order chi connectivity index (χ0) is 15.8. The summed E-state index contributed by atoms with van der Waals surface area (Å²) in [6, 6.07) is 3.45. The van der Waals surface area contributed by atoms with Crippen molar-refractivity contribution in [2.75, 3.05) is 0 Å². The molecule has 1 aromatic rings. The first-order valence-electron chi connectivity index (χ1n) is 7.15. The molecule has 4 nitrogen and oxygen atoms in total. The molecule has 21 heavy (non-hydrogen) atoms. The minimum atomic E-state index is -3.73. The van der Waals surface area contributed by atoms with Crippen LogP contribution in [0.4, 0.5) is 4.39 Å². The number of benzene rings is 1. The average Bonchev–Trinajstić information content (AvgIpc) is 3.11. The van der Waals surface area contributed by atoms with E-state index in [1.165, 1.54) is 13.0 Å². The standard InChI is InChI=1S/C15H23FN2O2S/c1-10-13(16)7-11(9-17-12-5-6-12)8-14(10)21(19,20)18-15(2,3)4/h7-8,12,17-18H,5-6,9H2,1-4H3. The van der Waals surface area contributed by atoms with Crippen LogP contribution >= 0.6 is 0 Å². The maximum Gasteiger partial charge on any atom is 0.241 e. The number of hydrogen-bond acceptors (Lipinski definition) is 3. The van der Waals surface area contributed by atoms with Crippen molar-refractivity contribution in [3.8, 4) is 0 Å². The van der Waals surface area contributed by atoms with E-state index in [1.807, 2.05) is 0 Å². The summed E-state index contributed by atoms with van der Waals surface area (Å²) in [7, 11) is -3.73. The molecule has 0 bridgehead atoms. The van der Waals surface area contributed by atoms with Crippen LogP contribution in [0.5, 0.6) is 0 Å². The summed E-state index contributed by atoms with van der Waals surface area (Å²) in [6.07, 6.45) is 2.26. The van der Waals surface area contributed by atoms with Gasteiger partial charge >= 0.3 is 0 Å². The third-order valence-electron chi connectivity index (χ3n) is 3.26. The second-order valence-electron chi connectivity index (χ2n) is 6.71. The SMILES string of the molecule is Cc1c(F)cc(CNC2CC2)cc1S(=O)(=O)NC(C)(C)C. The molecule has 1 aliphatic rings. The fraction of sp³-hybridized carbons (Fsp3) is 0.600.